The van der Waals surface area contributed by atoms with Crippen LogP contribution in [0.25, 0.3) is 0 Å². The van der Waals surface area contributed by atoms with E-state index in [9.17, 15) is 9.18 Å². The fourth-order valence-electron chi connectivity index (χ4n) is 2.01. The molecule has 2 aromatic carbocycles. The van der Waals surface area contributed by atoms with Crippen molar-refractivity contribution in [2.75, 3.05) is 21.3 Å². The van der Waals surface area contributed by atoms with Crippen LogP contribution in [0.3, 0.4) is 0 Å². The van der Waals surface area contributed by atoms with Crippen molar-refractivity contribution in [3.8, 4) is 17.2 Å². The van der Waals surface area contributed by atoms with E-state index in [1.807, 2.05) is 0 Å². The zero-order valence-electron chi connectivity index (χ0n) is 13.5. The normalized spacial score (nSPS) is 10.5. The third-order valence-electron chi connectivity index (χ3n) is 3.17. The van der Waals surface area contributed by atoms with Gasteiger partial charge in [-0.15, -0.1) is 0 Å². The Labute approximate surface area is 138 Å². The van der Waals surface area contributed by atoms with Gasteiger partial charge in [-0.1, -0.05) is 0 Å². The van der Waals surface area contributed by atoms with Gasteiger partial charge in [-0.2, -0.15) is 5.10 Å². The summed E-state index contributed by atoms with van der Waals surface area (Å²) in [6, 6.07) is 8.54. The van der Waals surface area contributed by atoms with E-state index in [4.69, 9.17) is 14.2 Å². The molecule has 0 heterocycles. The number of halogens is 1. The Hall–Kier alpha value is -3.09. The molecule has 0 aliphatic carbocycles. The van der Waals surface area contributed by atoms with Crippen molar-refractivity contribution < 1.29 is 23.4 Å². The molecule has 0 bridgehead atoms. The van der Waals surface area contributed by atoms with Crippen molar-refractivity contribution >= 4 is 12.1 Å². The molecule has 2 aromatic rings. The highest BCUT2D eigenvalue weighted by Crippen LogP contribution is 2.37. The smallest absolute Gasteiger partial charge is 0.271 e. The Morgan fingerprint density at radius 2 is 1.62 bits per heavy atom. The third kappa shape index (κ3) is 4.01. The minimum Gasteiger partial charge on any atom is -0.493 e. The lowest BCUT2D eigenvalue weighted by molar-refractivity contribution is 0.0955. The summed E-state index contributed by atoms with van der Waals surface area (Å²) in [5, 5.41) is 3.88. The van der Waals surface area contributed by atoms with Crippen molar-refractivity contribution in [2.45, 2.75) is 0 Å². The van der Waals surface area contributed by atoms with Crippen LogP contribution >= 0.6 is 0 Å². The van der Waals surface area contributed by atoms with Gasteiger partial charge in [0.15, 0.2) is 11.5 Å². The number of carbonyl (C=O) groups is 1. The summed E-state index contributed by atoms with van der Waals surface area (Å²) >= 11 is 0. The summed E-state index contributed by atoms with van der Waals surface area (Å²) in [5.74, 6) is 0.560. The molecule has 6 nitrogen and oxygen atoms in total. The Balaban J connectivity index is 2.14. The van der Waals surface area contributed by atoms with Gasteiger partial charge in [0.05, 0.1) is 27.5 Å². The van der Waals surface area contributed by atoms with E-state index in [2.05, 4.69) is 10.5 Å². The Morgan fingerprint density at radius 1 is 1.04 bits per heavy atom. The van der Waals surface area contributed by atoms with E-state index in [1.54, 1.807) is 12.1 Å². The fourth-order valence-corrected chi connectivity index (χ4v) is 2.01. The number of nitrogens with one attached hydrogen (secondary N) is 1. The first-order chi connectivity index (χ1) is 11.6. The second-order valence-corrected chi connectivity index (χ2v) is 4.66. The summed E-state index contributed by atoms with van der Waals surface area (Å²) < 4.78 is 28.5. The quantitative estimate of drug-likeness (QED) is 0.652. The van der Waals surface area contributed by atoms with E-state index in [0.29, 0.717) is 28.4 Å². The standard InChI is InChI=1S/C17H17FN2O4/c1-22-14-8-11(9-15(23-2)16(14)24-3)10-19-20-17(21)12-4-6-13(18)7-5-12/h4-10H,1-3H3,(H,20,21)/b19-10+. The number of carbonyl (C=O) groups excluding carboxylic acids is 1. The van der Waals surface area contributed by atoms with Gasteiger partial charge in [-0.3, -0.25) is 4.79 Å². The first-order valence-corrected chi connectivity index (χ1v) is 6.98. The lowest BCUT2D eigenvalue weighted by atomic mass is 10.2. The first kappa shape index (κ1) is 17.3. The molecule has 0 saturated carbocycles. The molecule has 0 aliphatic heterocycles. The minimum atomic E-state index is -0.446. The topological polar surface area (TPSA) is 69.2 Å². The van der Waals surface area contributed by atoms with Gasteiger partial charge >= 0.3 is 0 Å². The summed E-state index contributed by atoms with van der Waals surface area (Å²) in [4.78, 5) is 11.9. The third-order valence-corrected chi connectivity index (χ3v) is 3.17. The van der Waals surface area contributed by atoms with Gasteiger partial charge in [0.1, 0.15) is 5.82 Å². The van der Waals surface area contributed by atoms with E-state index in [-0.39, 0.29) is 0 Å². The molecule has 2 rings (SSSR count). The number of benzene rings is 2. The molecule has 1 amide bonds. The zero-order chi connectivity index (χ0) is 17.5. The van der Waals surface area contributed by atoms with Gasteiger partial charge in [0, 0.05) is 11.1 Å². The van der Waals surface area contributed by atoms with Gasteiger partial charge in [0.25, 0.3) is 5.91 Å². The number of amides is 1. The van der Waals surface area contributed by atoms with Crippen LogP contribution in [0.1, 0.15) is 15.9 Å². The highest BCUT2D eigenvalue weighted by Gasteiger charge is 2.12. The highest BCUT2D eigenvalue weighted by atomic mass is 19.1. The molecule has 126 valence electrons. The van der Waals surface area contributed by atoms with Crippen LogP contribution in [0.15, 0.2) is 41.5 Å². The lowest BCUT2D eigenvalue weighted by Crippen LogP contribution is -2.17. The molecule has 24 heavy (non-hydrogen) atoms. The summed E-state index contributed by atoms with van der Waals surface area (Å²) in [7, 11) is 4.53. The number of hydrogen-bond acceptors (Lipinski definition) is 5. The molecule has 0 fully saturated rings. The van der Waals surface area contributed by atoms with E-state index in [1.165, 1.54) is 51.8 Å². The second kappa shape index (κ2) is 7.96. The molecule has 0 radical (unpaired) electrons. The average molecular weight is 332 g/mol. The number of ether oxygens (including phenoxy) is 3. The van der Waals surface area contributed by atoms with E-state index < -0.39 is 11.7 Å². The molecular weight excluding hydrogens is 315 g/mol. The van der Waals surface area contributed by atoms with Crippen molar-refractivity contribution in [3.05, 3.63) is 53.3 Å². The maximum Gasteiger partial charge on any atom is 0.271 e. The number of hydrazone groups is 1. The van der Waals surface area contributed by atoms with Gasteiger partial charge in [0.2, 0.25) is 5.75 Å². The summed E-state index contributed by atoms with van der Waals surface area (Å²) in [5.41, 5.74) is 3.31. The summed E-state index contributed by atoms with van der Waals surface area (Å²) in [6.45, 7) is 0. The molecule has 0 aromatic heterocycles. The van der Waals surface area contributed by atoms with Crippen LogP contribution in [-0.2, 0) is 0 Å². The monoisotopic (exact) mass is 332 g/mol. The number of hydrogen-bond donors (Lipinski definition) is 1. The number of rotatable bonds is 6. The molecule has 0 saturated heterocycles. The average Bonchev–Trinajstić information content (AvgIpc) is 2.61. The van der Waals surface area contributed by atoms with Crippen molar-refractivity contribution in [1.82, 2.24) is 5.43 Å². The van der Waals surface area contributed by atoms with Gasteiger partial charge in [-0.05, 0) is 36.4 Å². The van der Waals surface area contributed by atoms with Crippen molar-refractivity contribution in [2.24, 2.45) is 5.10 Å². The predicted molar refractivity (Wildman–Crippen MR) is 87.6 cm³/mol. The van der Waals surface area contributed by atoms with Gasteiger partial charge in [-0.25, -0.2) is 9.82 Å². The molecule has 7 heteroatoms. The molecular formula is C17H17FN2O4. The summed E-state index contributed by atoms with van der Waals surface area (Å²) in [6.07, 6.45) is 1.44. The van der Waals surface area contributed by atoms with Gasteiger partial charge < -0.3 is 14.2 Å². The molecule has 0 unspecified atom stereocenters. The number of nitrogens with zero attached hydrogens (tertiary/aromatic N) is 1. The van der Waals surface area contributed by atoms with E-state index in [0.717, 1.165) is 0 Å². The van der Waals surface area contributed by atoms with Crippen LogP contribution in [0.5, 0.6) is 17.2 Å². The van der Waals surface area contributed by atoms with Crippen molar-refractivity contribution in [3.63, 3.8) is 0 Å². The maximum absolute atomic E-state index is 12.8. The van der Waals surface area contributed by atoms with E-state index >= 15 is 0 Å². The first-order valence-electron chi connectivity index (χ1n) is 6.98. The Kier molecular flexibility index (Phi) is 5.73. The largest absolute Gasteiger partial charge is 0.493 e. The molecule has 0 spiro atoms. The lowest BCUT2D eigenvalue weighted by Gasteiger charge is -2.12. The predicted octanol–water partition coefficient (Wildman–Crippen LogP) is 2.62. The Morgan fingerprint density at radius 3 is 2.12 bits per heavy atom. The highest BCUT2D eigenvalue weighted by molar-refractivity contribution is 5.94. The minimum absolute atomic E-state index is 0.304. The van der Waals surface area contributed by atoms with Crippen LogP contribution in [0.2, 0.25) is 0 Å². The molecule has 0 atom stereocenters. The SMILES string of the molecule is COc1cc(/C=N/NC(=O)c2ccc(F)cc2)cc(OC)c1OC. The van der Waals surface area contributed by atoms with Crippen LogP contribution in [-0.4, -0.2) is 33.5 Å². The number of methoxy groups -OCH3 is 3. The van der Waals surface area contributed by atoms with Crippen LogP contribution < -0.4 is 19.6 Å². The maximum atomic E-state index is 12.8. The van der Waals surface area contributed by atoms with Crippen LogP contribution in [0.4, 0.5) is 4.39 Å². The molecule has 1 N–H and O–H groups in total. The molecule has 0 aliphatic rings. The second-order valence-electron chi connectivity index (χ2n) is 4.66. The van der Waals surface area contributed by atoms with Crippen LogP contribution in [0, 0.1) is 5.82 Å². The zero-order valence-corrected chi connectivity index (χ0v) is 13.5. The van der Waals surface area contributed by atoms with Crippen molar-refractivity contribution in [1.29, 1.82) is 0 Å². The fraction of sp³-hybridized carbons (Fsp3) is 0.176. The Bertz CT molecular complexity index is 720.